The van der Waals surface area contributed by atoms with E-state index in [-0.39, 0.29) is 5.78 Å². The summed E-state index contributed by atoms with van der Waals surface area (Å²) in [5.41, 5.74) is 1.44. The summed E-state index contributed by atoms with van der Waals surface area (Å²) in [6, 6.07) is 1.79. The smallest absolute Gasteiger partial charge is 0.161 e. The van der Waals surface area contributed by atoms with Gasteiger partial charge in [-0.1, -0.05) is 11.3 Å². The second-order valence-electron chi connectivity index (χ2n) is 2.84. The maximum Gasteiger partial charge on any atom is 0.161 e. The quantitative estimate of drug-likeness (QED) is 0.650. The molecule has 66 valence electrons. The van der Waals surface area contributed by atoms with Crippen LogP contribution in [-0.2, 0) is 0 Å². The van der Waals surface area contributed by atoms with Crippen LogP contribution >= 0.6 is 11.3 Å². The molecule has 0 radical (unpaired) electrons. The van der Waals surface area contributed by atoms with Crippen LogP contribution in [0.3, 0.4) is 0 Å². The Bertz CT molecular complexity index is 475. The second-order valence-corrected chi connectivity index (χ2v) is 4.02. The van der Waals surface area contributed by atoms with Crippen molar-refractivity contribution in [1.29, 1.82) is 0 Å². The highest BCUT2D eigenvalue weighted by molar-refractivity contribution is 7.18. The molecule has 0 saturated carbocycles. The highest BCUT2D eigenvalue weighted by Gasteiger charge is 2.05. The summed E-state index contributed by atoms with van der Waals surface area (Å²) in [5, 5.41) is 0.975. The van der Waals surface area contributed by atoms with Crippen LogP contribution in [0.25, 0.3) is 10.3 Å². The molecule has 2 heterocycles. The number of hydrogen-bond acceptors (Lipinski definition) is 4. The van der Waals surface area contributed by atoms with E-state index in [2.05, 4.69) is 9.97 Å². The Morgan fingerprint density at radius 2 is 2.31 bits per heavy atom. The predicted octanol–water partition coefficient (Wildman–Crippen LogP) is 2.20. The van der Waals surface area contributed by atoms with Gasteiger partial charge in [0, 0.05) is 11.8 Å². The molecule has 0 atom stereocenters. The molecule has 0 unspecified atom stereocenters. The van der Waals surface area contributed by atoms with Gasteiger partial charge in [-0.2, -0.15) is 0 Å². The van der Waals surface area contributed by atoms with Gasteiger partial charge < -0.3 is 0 Å². The molecule has 0 aliphatic heterocycles. The molecular formula is C9H8N2OS. The Morgan fingerprint density at radius 1 is 1.54 bits per heavy atom. The topological polar surface area (TPSA) is 42.9 Å². The number of pyridine rings is 1. The van der Waals surface area contributed by atoms with Crippen molar-refractivity contribution in [1.82, 2.24) is 9.97 Å². The highest BCUT2D eigenvalue weighted by atomic mass is 32.1. The summed E-state index contributed by atoms with van der Waals surface area (Å²) in [4.78, 5) is 20.3. The van der Waals surface area contributed by atoms with Crippen LogP contribution < -0.4 is 0 Å². The lowest BCUT2D eigenvalue weighted by Gasteiger charge is -1.92. The molecular weight excluding hydrogens is 184 g/mol. The van der Waals surface area contributed by atoms with Crippen LogP contribution in [0.2, 0.25) is 0 Å². The van der Waals surface area contributed by atoms with Gasteiger partial charge in [-0.25, -0.2) is 9.97 Å². The fraction of sp³-hybridized carbons (Fsp3) is 0.222. The highest BCUT2D eigenvalue weighted by Crippen LogP contribution is 2.19. The fourth-order valence-corrected chi connectivity index (χ4v) is 1.86. The second kappa shape index (κ2) is 2.88. The van der Waals surface area contributed by atoms with Gasteiger partial charge in [-0.15, -0.1) is 0 Å². The van der Waals surface area contributed by atoms with Gasteiger partial charge >= 0.3 is 0 Å². The van der Waals surface area contributed by atoms with E-state index < -0.39 is 0 Å². The lowest BCUT2D eigenvalue weighted by Crippen LogP contribution is -1.92. The van der Waals surface area contributed by atoms with Gasteiger partial charge in [0.15, 0.2) is 5.78 Å². The van der Waals surface area contributed by atoms with E-state index in [0.717, 1.165) is 15.4 Å². The molecule has 0 spiro atoms. The Labute approximate surface area is 79.4 Å². The minimum Gasteiger partial charge on any atom is -0.294 e. The molecule has 0 N–H and O–H groups in total. The van der Waals surface area contributed by atoms with Crippen molar-refractivity contribution >= 4 is 27.5 Å². The predicted molar refractivity (Wildman–Crippen MR) is 52.2 cm³/mol. The summed E-state index contributed by atoms with van der Waals surface area (Å²) in [6.45, 7) is 3.46. The zero-order valence-electron chi connectivity index (χ0n) is 7.37. The number of aromatic nitrogens is 2. The van der Waals surface area contributed by atoms with E-state index in [4.69, 9.17) is 0 Å². The lowest BCUT2D eigenvalue weighted by atomic mass is 10.2. The molecule has 2 aromatic rings. The van der Waals surface area contributed by atoms with Crippen LogP contribution in [0, 0.1) is 6.92 Å². The molecule has 0 aliphatic rings. The van der Waals surface area contributed by atoms with Gasteiger partial charge in [0.05, 0.1) is 5.01 Å². The third-order valence-electron chi connectivity index (χ3n) is 1.76. The zero-order chi connectivity index (χ0) is 9.42. The Morgan fingerprint density at radius 3 is 3.00 bits per heavy atom. The van der Waals surface area contributed by atoms with E-state index in [0.29, 0.717) is 5.56 Å². The molecule has 0 aliphatic carbocycles. The van der Waals surface area contributed by atoms with Gasteiger partial charge in [0.25, 0.3) is 0 Å². The van der Waals surface area contributed by atoms with Crippen molar-refractivity contribution < 1.29 is 4.79 Å². The molecule has 0 aromatic carbocycles. The monoisotopic (exact) mass is 192 g/mol. The van der Waals surface area contributed by atoms with Crippen LogP contribution in [0.4, 0.5) is 0 Å². The molecule has 13 heavy (non-hydrogen) atoms. The first-order chi connectivity index (χ1) is 6.16. The zero-order valence-corrected chi connectivity index (χ0v) is 8.18. The largest absolute Gasteiger partial charge is 0.294 e. The first kappa shape index (κ1) is 8.31. The van der Waals surface area contributed by atoms with Crippen LogP contribution in [0.5, 0.6) is 0 Å². The Hall–Kier alpha value is -1.29. The van der Waals surface area contributed by atoms with Gasteiger partial charge in [0.2, 0.25) is 0 Å². The summed E-state index contributed by atoms with van der Waals surface area (Å²) >= 11 is 1.54. The number of thiazole rings is 1. The van der Waals surface area contributed by atoms with Gasteiger partial charge in [-0.3, -0.25) is 4.79 Å². The van der Waals surface area contributed by atoms with Crippen LogP contribution in [0.1, 0.15) is 22.3 Å². The van der Waals surface area contributed by atoms with Gasteiger partial charge in [0.1, 0.15) is 10.3 Å². The average molecular weight is 192 g/mol. The molecule has 4 heteroatoms. The normalized spacial score (nSPS) is 10.6. The van der Waals surface area contributed by atoms with Gasteiger partial charge in [-0.05, 0) is 19.9 Å². The van der Waals surface area contributed by atoms with Crippen molar-refractivity contribution in [2.75, 3.05) is 0 Å². The SMILES string of the molecule is CC(=O)c1cnc2sc(C)nc2c1. The summed E-state index contributed by atoms with van der Waals surface area (Å²) in [5.74, 6) is 0.0278. The molecule has 0 saturated heterocycles. The van der Waals surface area contributed by atoms with E-state index in [9.17, 15) is 4.79 Å². The van der Waals surface area contributed by atoms with Crippen LogP contribution in [0.15, 0.2) is 12.3 Å². The molecule has 3 nitrogen and oxygen atoms in total. The van der Waals surface area contributed by atoms with Crippen molar-refractivity contribution in [3.63, 3.8) is 0 Å². The Kier molecular flexibility index (Phi) is 1.84. The number of ketones is 1. The standard InChI is InChI=1S/C9H8N2OS/c1-5(12)7-3-8-9(10-4-7)13-6(2)11-8/h3-4H,1-2H3. The van der Waals surface area contributed by atoms with E-state index in [1.54, 1.807) is 12.3 Å². The van der Waals surface area contributed by atoms with Crippen molar-refractivity contribution in [2.24, 2.45) is 0 Å². The molecule has 0 bridgehead atoms. The maximum absolute atomic E-state index is 11.0. The molecule has 0 fully saturated rings. The number of carbonyl (C=O) groups excluding carboxylic acids is 1. The van der Waals surface area contributed by atoms with Crippen molar-refractivity contribution in [2.45, 2.75) is 13.8 Å². The summed E-state index contributed by atoms with van der Waals surface area (Å²) in [6.07, 6.45) is 1.60. The van der Waals surface area contributed by atoms with E-state index >= 15 is 0 Å². The molecule has 0 amide bonds. The average Bonchev–Trinajstić information content (AvgIpc) is 2.42. The maximum atomic E-state index is 11.0. The minimum atomic E-state index is 0.0278. The number of rotatable bonds is 1. The first-order valence-electron chi connectivity index (χ1n) is 3.91. The number of Topliss-reactive ketones (excluding diaryl/α,β-unsaturated/α-hetero) is 1. The Balaban J connectivity index is 2.67. The fourth-order valence-electron chi connectivity index (χ4n) is 1.12. The molecule has 2 aromatic heterocycles. The summed E-state index contributed by atoms with van der Waals surface area (Å²) in [7, 11) is 0. The minimum absolute atomic E-state index is 0.0278. The number of fused-ring (bicyclic) bond motifs is 1. The number of carbonyl (C=O) groups is 1. The van der Waals surface area contributed by atoms with E-state index in [1.165, 1.54) is 18.3 Å². The van der Waals surface area contributed by atoms with Crippen molar-refractivity contribution in [3.8, 4) is 0 Å². The first-order valence-corrected chi connectivity index (χ1v) is 4.72. The lowest BCUT2D eigenvalue weighted by molar-refractivity contribution is 0.101. The number of aryl methyl sites for hydroxylation is 1. The number of hydrogen-bond donors (Lipinski definition) is 0. The molecule has 2 rings (SSSR count). The third kappa shape index (κ3) is 1.45. The van der Waals surface area contributed by atoms with E-state index in [1.807, 2.05) is 6.92 Å². The van der Waals surface area contributed by atoms with Crippen LogP contribution in [-0.4, -0.2) is 15.8 Å². The third-order valence-corrected chi connectivity index (χ3v) is 2.66. The van der Waals surface area contributed by atoms with Crippen molar-refractivity contribution in [3.05, 3.63) is 22.8 Å². The number of nitrogens with zero attached hydrogens (tertiary/aromatic N) is 2. The summed E-state index contributed by atoms with van der Waals surface area (Å²) < 4.78 is 0.